The lowest BCUT2D eigenvalue weighted by molar-refractivity contribution is 1.13. The Labute approximate surface area is 335 Å². The van der Waals surface area contributed by atoms with E-state index in [0.717, 1.165) is 34.1 Å². The Kier molecular flexibility index (Phi) is 7.20. The molecule has 0 bridgehead atoms. The molecular formula is C54H36N4. The number of anilines is 3. The summed E-state index contributed by atoms with van der Waals surface area (Å²) >= 11 is 0. The van der Waals surface area contributed by atoms with Gasteiger partial charge in [-0.2, -0.15) is 0 Å². The first-order chi connectivity index (χ1) is 28.8. The predicted molar refractivity (Wildman–Crippen MR) is 244 cm³/mol. The van der Waals surface area contributed by atoms with E-state index in [4.69, 9.17) is 0 Å². The lowest BCUT2D eigenvalue weighted by Gasteiger charge is -2.26. The number of aromatic nitrogens is 3. The molecule has 9 aromatic carbocycles. The fourth-order valence-electron chi connectivity index (χ4n) is 9.36. The van der Waals surface area contributed by atoms with Crippen LogP contribution in [0.4, 0.5) is 17.1 Å². The van der Waals surface area contributed by atoms with Gasteiger partial charge in [0, 0.05) is 66.4 Å². The van der Waals surface area contributed by atoms with Gasteiger partial charge in [-0.3, -0.25) is 0 Å². The monoisotopic (exact) mass is 740 g/mol. The third-order valence-electron chi connectivity index (χ3n) is 11.8. The Morgan fingerprint density at radius 2 is 0.603 bits per heavy atom. The van der Waals surface area contributed by atoms with Crippen LogP contribution in [0.3, 0.4) is 0 Å². The highest BCUT2D eigenvalue weighted by Gasteiger charge is 2.22. The van der Waals surface area contributed by atoms with Gasteiger partial charge >= 0.3 is 0 Å². The van der Waals surface area contributed by atoms with Crippen molar-refractivity contribution in [3.05, 3.63) is 218 Å². The zero-order chi connectivity index (χ0) is 38.2. The zero-order valence-electron chi connectivity index (χ0n) is 31.6. The van der Waals surface area contributed by atoms with Gasteiger partial charge < -0.3 is 18.6 Å². The fraction of sp³-hybridized carbons (Fsp3) is 0. The van der Waals surface area contributed by atoms with Crippen LogP contribution in [0.15, 0.2) is 218 Å². The molecule has 272 valence electrons. The molecule has 4 heteroatoms. The van der Waals surface area contributed by atoms with Gasteiger partial charge in [0.05, 0.1) is 33.1 Å². The first kappa shape index (κ1) is 32.4. The summed E-state index contributed by atoms with van der Waals surface area (Å²) in [5.41, 5.74) is 13.8. The van der Waals surface area contributed by atoms with E-state index < -0.39 is 0 Å². The molecule has 0 atom stereocenters. The minimum Gasteiger partial charge on any atom is -0.310 e. The van der Waals surface area contributed by atoms with Gasteiger partial charge in [-0.05, 0) is 91.0 Å². The number of benzene rings is 9. The lowest BCUT2D eigenvalue weighted by Crippen LogP contribution is -2.10. The van der Waals surface area contributed by atoms with Crippen LogP contribution in [0.1, 0.15) is 0 Å². The number of fused-ring (bicyclic) bond motifs is 10. The molecule has 0 aliphatic rings. The first-order valence-corrected chi connectivity index (χ1v) is 19.9. The Hall–Kier alpha value is -7.82. The van der Waals surface area contributed by atoms with Gasteiger partial charge in [0.2, 0.25) is 0 Å². The summed E-state index contributed by atoms with van der Waals surface area (Å²) in [6.45, 7) is 0. The Morgan fingerprint density at radius 1 is 0.241 bits per heavy atom. The van der Waals surface area contributed by atoms with E-state index in [0.29, 0.717) is 0 Å². The Morgan fingerprint density at radius 3 is 1.09 bits per heavy atom. The quantitative estimate of drug-likeness (QED) is 0.166. The highest BCUT2D eigenvalue weighted by molar-refractivity contribution is 6.24. The van der Waals surface area contributed by atoms with Gasteiger partial charge in [-0.1, -0.05) is 127 Å². The largest absolute Gasteiger partial charge is 0.310 e. The van der Waals surface area contributed by atoms with Crippen molar-refractivity contribution in [3.8, 4) is 17.1 Å². The second kappa shape index (κ2) is 12.9. The molecule has 12 rings (SSSR count). The van der Waals surface area contributed by atoms with Crippen molar-refractivity contribution in [2.24, 2.45) is 0 Å². The van der Waals surface area contributed by atoms with Crippen LogP contribution in [-0.2, 0) is 0 Å². The highest BCUT2D eigenvalue weighted by Crippen LogP contribution is 2.43. The van der Waals surface area contributed by atoms with Crippen LogP contribution in [0, 0.1) is 0 Å². The van der Waals surface area contributed by atoms with Crippen LogP contribution in [-0.4, -0.2) is 13.7 Å². The maximum Gasteiger partial charge on any atom is 0.0788 e. The van der Waals surface area contributed by atoms with Crippen molar-refractivity contribution in [2.75, 3.05) is 4.90 Å². The van der Waals surface area contributed by atoms with Crippen molar-refractivity contribution in [1.82, 2.24) is 13.7 Å². The standard InChI is InChI=1S/C54H36N4/c1-3-16-37(17-4-1)55(38-18-5-2-6-19-38)41-20-15-21-42(36-41)58-52-29-14-10-25-46(52)48-35-34-47-45-24-9-13-28-51(45)57(53(47)54(48)58)40-32-30-39(31-33-40)56-49-26-11-7-22-43(49)44-23-8-12-27-50(44)56/h1-36H. The van der Waals surface area contributed by atoms with E-state index in [1.165, 1.54) is 65.4 Å². The SMILES string of the molecule is c1ccc(N(c2ccccc2)c2cccc(-n3c4ccccc4c4ccc5c6ccccc6n(-c6ccc(-n7c8ccccc8c8ccccc87)cc6)c5c43)c2)cc1. The highest BCUT2D eigenvalue weighted by atomic mass is 15.1. The van der Waals surface area contributed by atoms with Crippen molar-refractivity contribution >= 4 is 82.5 Å². The average molecular weight is 741 g/mol. The van der Waals surface area contributed by atoms with Crippen LogP contribution < -0.4 is 4.90 Å². The molecule has 12 aromatic rings. The summed E-state index contributed by atoms with van der Waals surface area (Å²) in [5, 5.41) is 7.44. The summed E-state index contributed by atoms with van der Waals surface area (Å²) in [6, 6.07) is 79.1. The van der Waals surface area contributed by atoms with Gasteiger partial charge in [0.1, 0.15) is 0 Å². The minimum atomic E-state index is 1.09. The van der Waals surface area contributed by atoms with E-state index in [1.54, 1.807) is 0 Å². The smallest absolute Gasteiger partial charge is 0.0788 e. The van der Waals surface area contributed by atoms with Crippen molar-refractivity contribution in [2.45, 2.75) is 0 Å². The Balaban J connectivity index is 1.12. The first-order valence-electron chi connectivity index (χ1n) is 19.9. The third kappa shape index (κ3) is 4.82. The second-order valence-corrected chi connectivity index (χ2v) is 15.0. The van der Waals surface area contributed by atoms with Crippen molar-refractivity contribution < 1.29 is 0 Å². The molecule has 0 amide bonds. The number of hydrogen-bond donors (Lipinski definition) is 0. The number of rotatable bonds is 6. The molecule has 0 aliphatic heterocycles. The van der Waals surface area contributed by atoms with E-state index in [-0.39, 0.29) is 0 Å². The maximum atomic E-state index is 2.48. The maximum absolute atomic E-state index is 2.48. The normalized spacial score (nSPS) is 11.8. The molecular weight excluding hydrogens is 705 g/mol. The molecule has 4 nitrogen and oxygen atoms in total. The summed E-state index contributed by atoms with van der Waals surface area (Å²) in [4.78, 5) is 2.34. The van der Waals surface area contributed by atoms with Crippen LogP contribution in [0.5, 0.6) is 0 Å². The van der Waals surface area contributed by atoms with E-state index in [9.17, 15) is 0 Å². The minimum absolute atomic E-state index is 1.09. The molecule has 0 saturated carbocycles. The summed E-state index contributed by atoms with van der Waals surface area (Å²) in [7, 11) is 0. The van der Waals surface area contributed by atoms with E-state index in [1.807, 2.05) is 0 Å². The van der Waals surface area contributed by atoms with E-state index >= 15 is 0 Å². The summed E-state index contributed by atoms with van der Waals surface area (Å²) in [6.07, 6.45) is 0. The number of hydrogen-bond acceptors (Lipinski definition) is 1. The van der Waals surface area contributed by atoms with Gasteiger partial charge in [0.25, 0.3) is 0 Å². The average Bonchev–Trinajstić information content (AvgIpc) is 3.93. The molecule has 58 heavy (non-hydrogen) atoms. The van der Waals surface area contributed by atoms with E-state index in [2.05, 4.69) is 237 Å². The molecule has 0 fully saturated rings. The molecule has 0 unspecified atom stereocenters. The molecule has 0 radical (unpaired) electrons. The van der Waals surface area contributed by atoms with Gasteiger partial charge in [-0.25, -0.2) is 0 Å². The number of para-hydroxylation sites is 6. The molecule has 0 N–H and O–H groups in total. The predicted octanol–water partition coefficient (Wildman–Crippen LogP) is 14.4. The Bertz CT molecular complexity index is 3410. The van der Waals surface area contributed by atoms with Crippen molar-refractivity contribution in [1.29, 1.82) is 0 Å². The molecule has 0 aliphatic carbocycles. The van der Waals surface area contributed by atoms with Crippen LogP contribution >= 0.6 is 0 Å². The van der Waals surface area contributed by atoms with Crippen LogP contribution in [0.2, 0.25) is 0 Å². The molecule has 3 aromatic heterocycles. The topological polar surface area (TPSA) is 18.0 Å². The van der Waals surface area contributed by atoms with Crippen LogP contribution in [0.25, 0.3) is 82.5 Å². The van der Waals surface area contributed by atoms with Gasteiger partial charge in [0.15, 0.2) is 0 Å². The summed E-state index contributed by atoms with van der Waals surface area (Å²) in [5.74, 6) is 0. The molecule has 0 spiro atoms. The zero-order valence-corrected chi connectivity index (χ0v) is 31.6. The second-order valence-electron chi connectivity index (χ2n) is 15.0. The van der Waals surface area contributed by atoms with Crippen molar-refractivity contribution in [3.63, 3.8) is 0 Å². The number of nitrogens with zero attached hydrogens (tertiary/aromatic N) is 4. The molecule has 3 heterocycles. The molecule has 0 saturated heterocycles. The van der Waals surface area contributed by atoms with Gasteiger partial charge in [-0.15, -0.1) is 0 Å². The fourth-order valence-corrected chi connectivity index (χ4v) is 9.36. The lowest BCUT2D eigenvalue weighted by atomic mass is 10.1. The summed E-state index contributed by atoms with van der Waals surface area (Å²) < 4.78 is 7.34. The third-order valence-corrected chi connectivity index (χ3v) is 11.8.